The molecule has 0 spiro atoms. The first kappa shape index (κ1) is 23.9. The molecule has 2 N–H and O–H groups in total. The van der Waals surface area contributed by atoms with Gasteiger partial charge in [-0.3, -0.25) is 4.79 Å². The van der Waals surface area contributed by atoms with Gasteiger partial charge >= 0.3 is 0 Å². The van der Waals surface area contributed by atoms with Gasteiger partial charge in [0.2, 0.25) is 5.95 Å². The van der Waals surface area contributed by atoms with Gasteiger partial charge < -0.3 is 15.4 Å². The van der Waals surface area contributed by atoms with Crippen molar-refractivity contribution in [2.24, 2.45) is 0 Å². The summed E-state index contributed by atoms with van der Waals surface area (Å²) >= 11 is 12.5. The predicted molar refractivity (Wildman–Crippen MR) is 142 cm³/mol. The average molecular weight is 520 g/mol. The van der Waals surface area contributed by atoms with E-state index in [4.69, 9.17) is 27.9 Å². The van der Waals surface area contributed by atoms with Crippen LogP contribution < -0.4 is 15.4 Å². The van der Waals surface area contributed by atoms with Crippen LogP contribution in [-0.2, 0) is 11.4 Å². The highest BCUT2D eigenvalue weighted by Crippen LogP contribution is 2.36. The lowest BCUT2D eigenvalue weighted by Gasteiger charge is -2.28. The number of allylic oxidation sites excluding steroid dienone is 1. The third-order valence-corrected chi connectivity index (χ3v) is 6.70. The van der Waals surface area contributed by atoms with Gasteiger partial charge in [0.15, 0.2) is 0 Å². The molecule has 0 radical (unpaired) electrons. The summed E-state index contributed by atoms with van der Waals surface area (Å²) in [5.41, 5.74) is 4.68. The monoisotopic (exact) mass is 519 g/mol. The number of halogens is 2. The molecular weight excluding hydrogens is 497 g/mol. The zero-order valence-electron chi connectivity index (χ0n) is 19.6. The molecule has 7 nitrogen and oxygen atoms in total. The number of ether oxygens (including phenoxy) is 1. The SMILES string of the molecule is CC1=C(C(=O)Nc2ccc(C)cc2)C(c2ccc(OCc3c(Cl)cccc3Cl)cc2)n2ncnc2N1. The molecule has 36 heavy (non-hydrogen) atoms. The highest BCUT2D eigenvalue weighted by atomic mass is 35.5. The molecule has 182 valence electrons. The topological polar surface area (TPSA) is 81.1 Å². The van der Waals surface area contributed by atoms with E-state index >= 15 is 0 Å². The first-order valence-electron chi connectivity index (χ1n) is 11.3. The number of hydrogen-bond donors (Lipinski definition) is 2. The molecule has 0 fully saturated rings. The molecule has 2 heterocycles. The molecule has 0 bridgehead atoms. The Morgan fingerprint density at radius 3 is 2.42 bits per heavy atom. The maximum atomic E-state index is 13.4. The van der Waals surface area contributed by atoms with E-state index in [9.17, 15) is 4.79 Å². The van der Waals surface area contributed by atoms with E-state index in [1.54, 1.807) is 22.9 Å². The lowest BCUT2D eigenvalue weighted by Crippen LogP contribution is -2.31. The second-order valence-electron chi connectivity index (χ2n) is 8.47. The van der Waals surface area contributed by atoms with Gasteiger partial charge in [-0.15, -0.1) is 0 Å². The van der Waals surface area contributed by atoms with Crippen molar-refractivity contribution < 1.29 is 9.53 Å². The Balaban J connectivity index is 1.41. The van der Waals surface area contributed by atoms with Crippen LogP contribution in [-0.4, -0.2) is 20.7 Å². The Bertz CT molecular complexity index is 1430. The van der Waals surface area contributed by atoms with Gasteiger partial charge in [-0.1, -0.05) is 59.1 Å². The van der Waals surface area contributed by atoms with Crippen molar-refractivity contribution in [3.05, 3.63) is 111 Å². The number of anilines is 2. The quantitative estimate of drug-likeness (QED) is 0.308. The standard InChI is InChI=1S/C27H23Cl2N5O2/c1-16-6-10-19(11-7-16)33-26(35)24-17(2)32-27-30-15-31-34(27)25(24)18-8-12-20(13-9-18)36-14-21-22(28)4-3-5-23(21)29/h3-13,15,25H,14H2,1-2H3,(H,33,35)(H,30,31,32). The number of nitrogens with zero attached hydrogens (tertiary/aromatic N) is 3. The van der Waals surface area contributed by atoms with Crippen molar-refractivity contribution in [2.45, 2.75) is 26.5 Å². The Hall–Kier alpha value is -3.81. The highest BCUT2D eigenvalue weighted by Gasteiger charge is 2.33. The molecule has 9 heteroatoms. The fourth-order valence-corrected chi connectivity index (χ4v) is 4.61. The molecule has 4 aromatic rings. The third kappa shape index (κ3) is 4.80. The summed E-state index contributed by atoms with van der Waals surface area (Å²) in [6.45, 7) is 4.10. The van der Waals surface area contributed by atoms with Crippen LogP contribution in [0.4, 0.5) is 11.6 Å². The summed E-state index contributed by atoms with van der Waals surface area (Å²) in [5, 5.41) is 11.7. The normalized spacial score (nSPS) is 14.7. The summed E-state index contributed by atoms with van der Waals surface area (Å²) in [6.07, 6.45) is 1.47. The Labute approximate surface area is 218 Å². The van der Waals surface area contributed by atoms with Gasteiger partial charge in [-0.2, -0.15) is 10.1 Å². The largest absolute Gasteiger partial charge is 0.489 e. The fraction of sp³-hybridized carbons (Fsp3) is 0.148. The number of aryl methyl sites for hydroxylation is 1. The number of nitrogens with one attached hydrogen (secondary N) is 2. The predicted octanol–water partition coefficient (Wildman–Crippen LogP) is 6.40. The molecule has 0 saturated heterocycles. The Kier molecular flexibility index (Phi) is 6.67. The van der Waals surface area contributed by atoms with Crippen LogP contribution in [0.15, 0.2) is 84.3 Å². The molecule has 0 aliphatic carbocycles. The Morgan fingerprint density at radius 1 is 1.03 bits per heavy atom. The molecule has 1 unspecified atom stereocenters. The average Bonchev–Trinajstić information content (AvgIpc) is 3.33. The molecule has 5 rings (SSSR count). The maximum Gasteiger partial charge on any atom is 0.255 e. The fourth-order valence-electron chi connectivity index (χ4n) is 4.10. The van der Waals surface area contributed by atoms with E-state index in [0.717, 1.165) is 22.4 Å². The van der Waals surface area contributed by atoms with Gasteiger partial charge in [0, 0.05) is 27.0 Å². The van der Waals surface area contributed by atoms with Gasteiger partial charge in [0.05, 0.1) is 5.57 Å². The molecule has 1 aliphatic heterocycles. The molecule has 1 atom stereocenters. The molecule has 3 aromatic carbocycles. The number of rotatable bonds is 6. The zero-order valence-corrected chi connectivity index (χ0v) is 21.1. The number of benzene rings is 3. The van der Waals surface area contributed by atoms with Crippen LogP contribution in [0.2, 0.25) is 10.0 Å². The smallest absolute Gasteiger partial charge is 0.255 e. The van der Waals surface area contributed by atoms with E-state index in [2.05, 4.69) is 20.7 Å². The van der Waals surface area contributed by atoms with E-state index in [0.29, 0.717) is 33.0 Å². The number of aromatic nitrogens is 3. The van der Waals surface area contributed by atoms with Gasteiger partial charge in [0.1, 0.15) is 24.7 Å². The van der Waals surface area contributed by atoms with Crippen LogP contribution in [0, 0.1) is 6.92 Å². The molecule has 0 saturated carbocycles. The minimum Gasteiger partial charge on any atom is -0.489 e. The van der Waals surface area contributed by atoms with Gasteiger partial charge in [0.25, 0.3) is 5.91 Å². The van der Waals surface area contributed by atoms with Gasteiger partial charge in [-0.25, -0.2) is 4.68 Å². The minimum absolute atomic E-state index is 0.219. The summed E-state index contributed by atoms with van der Waals surface area (Å²) in [7, 11) is 0. The second kappa shape index (κ2) is 10.0. The number of amides is 1. The van der Waals surface area contributed by atoms with E-state index in [1.165, 1.54) is 6.33 Å². The third-order valence-electron chi connectivity index (χ3n) is 5.99. The van der Waals surface area contributed by atoms with Crippen LogP contribution in [0.25, 0.3) is 0 Å². The van der Waals surface area contributed by atoms with Crippen LogP contribution in [0.3, 0.4) is 0 Å². The van der Waals surface area contributed by atoms with Crippen molar-refractivity contribution in [1.29, 1.82) is 0 Å². The molecule has 1 aliphatic rings. The summed E-state index contributed by atoms with van der Waals surface area (Å²) in [6, 6.07) is 20.1. The van der Waals surface area contributed by atoms with Crippen LogP contribution >= 0.6 is 23.2 Å². The first-order chi connectivity index (χ1) is 17.4. The van der Waals surface area contributed by atoms with Crippen molar-refractivity contribution >= 4 is 40.7 Å². The zero-order chi connectivity index (χ0) is 25.2. The molecular formula is C27H23Cl2N5O2. The molecule has 1 amide bonds. The van der Waals surface area contributed by atoms with Crippen molar-refractivity contribution in [3.63, 3.8) is 0 Å². The summed E-state index contributed by atoms with van der Waals surface area (Å²) in [4.78, 5) is 17.7. The lowest BCUT2D eigenvalue weighted by molar-refractivity contribution is -0.113. The number of carbonyl (C=O) groups is 1. The van der Waals surface area contributed by atoms with Crippen LogP contribution in [0.1, 0.15) is 29.7 Å². The first-order valence-corrected chi connectivity index (χ1v) is 12.1. The van der Waals surface area contributed by atoms with Crippen molar-refractivity contribution in [2.75, 3.05) is 10.6 Å². The van der Waals surface area contributed by atoms with Crippen molar-refractivity contribution in [1.82, 2.24) is 14.8 Å². The van der Waals surface area contributed by atoms with E-state index in [1.807, 2.05) is 62.4 Å². The second-order valence-corrected chi connectivity index (χ2v) is 9.29. The number of hydrogen-bond acceptors (Lipinski definition) is 5. The lowest BCUT2D eigenvalue weighted by atomic mass is 9.95. The highest BCUT2D eigenvalue weighted by molar-refractivity contribution is 6.35. The van der Waals surface area contributed by atoms with E-state index in [-0.39, 0.29) is 12.5 Å². The maximum absolute atomic E-state index is 13.4. The number of carbonyl (C=O) groups excluding carboxylic acids is 1. The Morgan fingerprint density at radius 2 is 1.72 bits per heavy atom. The summed E-state index contributed by atoms with van der Waals surface area (Å²) < 4.78 is 7.63. The molecule has 1 aromatic heterocycles. The summed E-state index contributed by atoms with van der Waals surface area (Å²) in [5.74, 6) is 0.996. The van der Waals surface area contributed by atoms with E-state index < -0.39 is 6.04 Å². The number of fused-ring (bicyclic) bond motifs is 1. The van der Waals surface area contributed by atoms with Crippen LogP contribution in [0.5, 0.6) is 5.75 Å². The van der Waals surface area contributed by atoms with Crippen molar-refractivity contribution in [3.8, 4) is 5.75 Å². The minimum atomic E-state index is -0.471. The van der Waals surface area contributed by atoms with Gasteiger partial charge in [-0.05, 0) is 55.8 Å².